The molecule has 1 aliphatic heterocycles. The molecule has 7 nitrogen and oxygen atoms in total. The number of benzene rings is 4. The van der Waals surface area contributed by atoms with Gasteiger partial charge >= 0.3 is 12.1 Å². The number of esters is 1. The minimum absolute atomic E-state index is 0.0903. The largest absolute Gasteiger partial charge is 0.465 e. The number of anilines is 1. The van der Waals surface area contributed by atoms with E-state index in [0.29, 0.717) is 24.2 Å². The van der Waals surface area contributed by atoms with Crippen molar-refractivity contribution >= 4 is 40.8 Å². The number of hydrogen-bond donors (Lipinski definition) is 1. The van der Waals surface area contributed by atoms with Crippen molar-refractivity contribution in [2.45, 2.75) is 48.8 Å². The number of methoxy groups -OCH3 is 1. The molecule has 0 saturated carbocycles. The minimum atomic E-state index is -0.630. The van der Waals surface area contributed by atoms with Gasteiger partial charge in [-0.2, -0.15) is 0 Å². The average Bonchev–Trinajstić information content (AvgIpc) is 3.81. The lowest BCUT2D eigenvalue weighted by atomic mass is 9.84. The van der Waals surface area contributed by atoms with Crippen LogP contribution in [0.3, 0.4) is 0 Å². The molecule has 1 amide bonds. The van der Waals surface area contributed by atoms with E-state index in [-0.39, 0.29) is 17.4 Å². The standard InChI is InChI=1S/C40H41N3O4S2/c1-39(2,3)47-38(45)43-27-33(25-32(43)26-42-31-20-21-34(37(44)46-4)35(24-31)36-41-22-23-48-36)49-40(28-14-8-5-9-15-28,29-16-10-6-11-17-29)30-18-12-7-13-19-30/h5-24,32-33,42H,25-27H2,1-4H3. The summed E-state index contributed by atoms with van der Waals surface area (Å²) in [6.07, 6.45) is 2.15. The first-order valence-corrected chi connectivity index (χ1v) is 18.1. The summed E-state index contributed by atoms with van der Waals surface area (Å²) in [5.74, 6) is -0.415. The molecule has 5 aromatic rings. The number of thiazole rings is 1. The van der Waals surface area contributed by atoms with Crippen LogP contribution in [0.4, 0.5) is 10.5 Å². The predicted molar refractivity (Wildman–Crippen MR) is 199 cm³/mol. The molecule has 4 aromatic carbocycles. The number of aromatic nitrogens is 1. The van der Waals surface area contributed by atoms with E-state index in [0.717, 1.165) is 17.1 Å². The summed E-state index contributed by atoms with van der Waals surface area (Å²) in [4.78, 5) is 32.7. The molecule has 2 atom stereocenters. The molecule has 252 valence electrons. The van der Waals surface area contributed by atoms with Crippen LogP contribution in [0.5, 0.6) is 0 Å². The third-order valence-electron chi connectivity index (χ3n) is 8.52. The SMILES string of the molecule is COC(=O)c1ccc(NCC2CC(SC(c3ccccc3)(c3ccccc3)c3ccccc3)CN2C(=O)OC(C)(C)C)cc1-c1nccs1. The number of nitrogens with zero attached hydrogens (tertiary/aromatic N) is 2. The van der Waals surface area contributed by atoms with Gasteiger partial charge in [0.2, 0.25) is 0 Å². The minimum Gasteiger partial charge on any atom is -0.465 e. The smallest absolute Gasteiger partial charge is 0.410 e. The Morgan fingerprint density at radius 3 is 2.00 bits per heavy atom. The van der Waals surface area contributed by atoms with E-state index < -0.39 is 16.3 Å². The van der Waals surface area contributed by atoms with Crippen LogP contribution >= 0.6 is 23.1 Å². The zero-order chi connectivity index (χ0) is 34.4. The van der Waals surface area contributed by atoms with Gasteiger partial charge in [0.1, 0.15) is 10.6 Å². The van der Waals surface area contributed by atoms with Crippen molar-refractivity contribution in [3.05, 3.63) is 143 Å². The summed E-state index contributed by atoms with van der Waals surface area (Å²) in [5, 5.41) is 6.27. The van der Waals surface area contributed by atoms with E-state index in [1.165, 1.54) is 35.1 Å². The van der Waals surface area contributed by atoms with Crippen molar-refractivity contribution in [3.8, 4) is 10.6 Å². The van der Waals surface area contributed by atoms with Gasteiger partial charge in [0.25, 0.3) is 0 Å². The Kier molecular flexibility index (Phi) is 10.4. The summed E-state index contributed by atoms with van der Waals surface area (Å²) in [6.45, 7) is 6.73. The van der Waals surface area contributed by atoms with Gasteiger partial charge < -0.3 is 19.7 Å². The first-order valence-electron chi connectivity index (χ1n) is 16.4. The van der Waals surface area contributed by atoms with Gasteiger partial charge in [-0.05, 0) is 62.1 Å². The number of ether oxygens (including phenoxy) is 2. The Hall–Kier alpha value is -4.60. The molecular weight excluding hydrogens is 651 g/mol. The van der Waals surface area contributed by atoms with Crippen LogP contribution in [0.2, 0.25) is 0 Å². The second-order valence-corrected chi connectivity index (χ2v) is 15.4. The Labute approximate surface area is 296 Å². The topological polar surface area (TPSA) is 80.8 Å². The molecule has 1 saturated heterocycles. The fraction of sp³-hybridized carbons (Fsp3) is 0.275. The molecular formula is C40H41N3O4S2. The highest BCUT2D eigenvalue weighted by molar-refractivity contribution is 8.01. The molecule has 0 aliphatic carbocycles. The zero-order valence-electron chi connectivity index (χ0n) is 28.2. The lowest BCUT2D eigenvalue weighted by Crippen LogP contribution is -2.42. The highest BCUT2D eigenvalue weighted by Gasteiger charge is 2.45. The second-order valence-electron chi connectivity index (χ2n) is 13.0. The third-order valence-corrected chi connectivity index (χ3v) is 11.1. The van der Waals surface area contributed by atoms with E-state index in [2.05, 4.69) is 83.1 Å². The molecule has 9 heteroatoms. The van der Waals surface area contributed by atoms with Gasteiger partial charge in [0.05, 0.1) is 23.5 Å². The summed E-state index contributed by atoms with van der Waals surface area (Å²) in [6, 6.07) is 37.3. The molecule has 0 radical (unpaired) electrons. The van der Waals surface area contributed by atoms with Crippen molar-refractivity contribution in [2.24, 2.45) is 0 Å². The highest BCUT2D eigenvalue weighted by atomic mass is 32.2. The molecule has 1 fully saturated rings. The quantitative estimate of drug-likeness (QED) is 0.116. The molecule has 6 rings (SSSR count). The number of carbonyl (C=O) groups is 2. The lowest BCUT2D eigenvalue weighted by molar-refractivity contribution is 0.0235. The van der Waals surface area contributed by atoms with Crippen LogP contribution in [-0.2, 0) is 14.2 Å². The fourth-order valence-corrected chi connectivity index (χ4v) is 8.92. The van der Waals surface area contributed by atoms with Gasteiger partial charge in [0.15, 0.2) is 0 Å². The zero-order valence-corrected chi connectivity index (χ0v) is 29.8. The number of amides is 1. The summed E-state index contributed by atoms with van der Waals surface area (Å²) < 4.78 is 10.5. The van der Waals surface area contributed by atoms with Gasteiger partial charge in [-0.1, -0.05) is 91.0 Å². The van der Waals surface area contributed by atoms with Crippen molar-refractivity contribution in [3.63, 3.8) is 0 Å². The van der Waals surface area contributed by atoms with E-state index in [9.17, 15) is 9.59 Å². The molecule has 0 bridgehead atoms. The Balaban J connectivity index is 1.33. The van der Waals surface area contributed by atoms with Crippen molar-refractivity contribution in [1.82, 2.24) is 9.88 Å². The molecule has 49 heavy (non-hydrogen) atoms. The van der Waals surface area contributed by atoms with Crippen molar-refractivity contribution in [2.75, 3.05) is 25.5 Å². The maximum Gasteiger partial charge on any atom is 0.410 e. The van der Waals surface area contributed by atoms with E-state index in [1.807, 2.05) is 73.1 Å². The molecule has 1 aromatic heterocycles. The number of likely N-dealkylation sites (tertiary alicyclic amines) is 1. The molecule has 1 aliphatic rings. The Morgan fingerprint density at radius 1 is 0.898 bits per heavy atom. The predicted octanol–water partition coefficient (Wildman–Crippen LogP) is 9.11. The monoisotopic (exact) mass is 691 g/mol. The maximum atomic E-state index is 13.8. The van der Waals surface area contributed by atoms with Crippen LogP contribution in [0.25, 0.3) is 10.6 Å². The van der Waals surface area contributed by atoms with Crippen LogP contribution in [0.15, 0.2) is 121 Å². The first kappa shape index (κ1) is 34.3. The highest BCUT2D eigenvalue weighted by Crippen LogP contribution is 2.52. The normalized spacial score (nSPS) is 16.3. The van der Waals surface area contributed by atoms with Crippen molar-refractivity contribution < 1.29 is 19.1 Å². The maximum absolute atomic E-state index is 13.8. The Morgan fingerprint density at radius 2 is 1.49 bits per heavy atom. The van der Waals surface area contributed by atoms with Gasteiger partial charge in [-0.25, -0.2) is 14.6 Å². The van der Waals surface area contributed by atoms with Crippen LogP contribution < -0.4 is 5.32 Å². The lowest BCUT2D eigenvalue weighted by Gasteiger charge is -2.37. The van der Waals surface area contributed by atoms with E-state index in [4.69, 9.17) is 9.47 Å². The summed E-state index contributed by atoms with van der Waals surface area (Å²) in [5.41, 5.74) is 4.90. The summed E-state index contributed by atoms with van der Waals surface area (Å²) in [7, 11) is 1.38. The van der Waals surface area contributed by atoms with Crippen LogP contribution in [0.1, 0.15) is 54.2 Å². The van der Waals surface area contributed by atoms with Crippen LogP contribution in [-0.4, -0.2) is 59.0 Å². The number of hydrogen-bond acceptors (Lipinski definition) is 8. The van der Waals surface area contributed by atoms with E-state index >= 15 is 0 Å². The van der Waals surface area contributed by atoms with Gasteiger partial charge in [0, 0.05) is 41.2 Å². The van der Waals surface area contributed by atoms with Gasteiger partial charge in [-0.3, -0.25) is 0 Å². The fourth-order valence-electron chi connectivity index (χ4n) is 6.38. The average molecular weight is 692 g/mol. The summed E-state index contributed by atoms with van der Waals surface area (Å²) >= 11 is 3.36. The van der Waals surface area contributed by atoms with Crippen LogP contribution in [0, 0.1) is 0 Å². The second kappa shape index (κ2) is 14.9. The van der Waals surface area contributed by atoms with Gasteiger partial charge in [-0.15, -0.1) is 23.1 Å². The first-order chi connectivity index (χ1) is 23.7. The number of carbonyl (C=O) groups excluding carboxylic acids is 2. The molecule has 1 N–H and O–H groups in total. The number of nitrogens with one attached hydrogen (secondary N) is 1. The van der Waals surface area contributed by atoms with Crippen molar-refractivity contribution in [1.29, 1.82) is 0 Å². The van der Waals surface area contributed by atoms with E-state index in [1.54, 1.807) is 12.3 Å². The molecule has 2 unspecified atom stereocenters. The number of thioether (sulfide) groups is 1. The molecule has 0 spiro atoms. The third kappa shape index (κ3) is 7.68. The molecule has 2 heterocycles. The Bertz CT molecular complexity index is 1750. The number of rotatable bonds is 10.